The second kappa shape index (κ2) is 8.32. The SMILES string of the molecule is COc1cccc(OCc2cc(C(=O)N(C)CC(O)CO)n[nH]2)c1. The molecule has 0 radical (unpaired) electrons. The molecule has 130 valence electrons. The van der Waals surface area contributed by atoms with Crippen molar-refractivity contribution in [2.24, 2.45) is 0 Å². The predicted molar refractivity (Wildman–Crippen MR) is 86.0 cm³/mol. The number of nitrogens with one attached hydrogen (secondary N) is 1. The van der Waals surface area contributed by atoms with Crippen molar-refractivity contribution in [2.45, 2.75) is 12.7 Å². The van der Waals surface area contributed by atoms with E-state index in [9.17, 15) is 9.90 Å². The number of aromatic nitrogens is 2. The maximum atomic E-state index is 12.2. The number of aromatic amines is 1. The molecule has 2 rings (SSSR count). The van der Waals surface area contributed by atoms with E-state index in [2.05, 4.69) is 10.2 Å². The molecular weight excluding hydrogens is 314 g/mol. The first-order chi connectivity index (χ1) is 11.5. The summed E-state index contributed by atoms with van der Waals surface area (Å²) < 4.78 is 10.7. The highest BCUT2D eigenvalue weighted by atomic mass is 16.5. The molecule has 8 heteroatoms. The summed E-state index contributed by atoms with van der Waals surface area (Å²) >= 11 is 0. The van der Waals surface area contributed by atoms with E-state index in [4.69, 9.17) is 14.6 Å². The van der Waals surface area contributed by atoms with Crippen LogP contribution >= 0.6 is 0 Å². The molecule has 1 amide bonds. The second-order valence-corrected chi connectivity index (χ2v) is 5.27. The summed E-state index contributed by atoms with van der Waals surface area (Å²) in [6.07, 6.45) is -0.978. The van der Waals surface area contributed by atoms with E-state index in [0.29, 0.717) is 17.2 Å². The molecular formula is C16H21N3O5. The number of ether oxygens (including phenoxy) is 2. The third-order valence-electron chi connectivity index (χ3n) is 3.33. The highest BCUT2D eigenvalue weighted by molar-refractivity contribution is 5.92. The zero-order valence-electron chi connectivity index (χ0n) is 13.6. The van der Waals surface area contributed by atoms with E-state index < -0.39 is 12.7 Å². The Morgan fingerprint density at radius 2 is 2.12 bits per heavy atom. The Hall–Kier alpha value is -2.58. The number of rotatable bonds is 8. The first-order valence-corrected chi connectivity index (χ1v) is 7.39. The van der Waals surface area contributed by atoms with E-state index in [-0.39, 0.29) is 24.8 Å². The Bertz CT molecular complexity index is 673. The van der Waals surface area contributed by atoms with Crippen LogP contribution in [-0.2, 0) is 6.61 Å². The minimum absolute atomic E-state index is 0.0256. The van der Waals surface area contributed by atoms with Crippen molar-refractivity contribution < 1.29 is 24.5 Å². The lowest BCUT2D eigenvalue weighted by atomic mass is 10.3. The second-order valence-electron chi connectivity index (χ2n) is 5.27. The first-order valence-electron chi connectivity index (χ1n) is 7.39. The molecule has 0 aliphatic rings. The van der Waals surface area contributed by atoms with Crippen molar-refractivity contribution in [3.63, 3.8) is 0 Å². The van der Waals surface area contributed by atoms with Crippen LogP contribution in [-0.4, -0.2) is 64.6 Å². The van der Waals surface area contributed by atoms with Gasteiger partial charge in [-0.2, -0.15) is 5.10 Å². The van der Waals surface area contributed by atoms with Crippen molar-refractivity contribution in [1.29, 1.82) is 0 Å². The van der Waals surface area contributed by atoms with Crippen molar-refractivity contribution in [2.75, 3.05) is 27.3 Å². The Balaban J connectivity index is 1.93. The number of hydrogen-bond acceptors (Lipinski definition) is 6. The van der Waals surface area contributed by atoms with Gasteiger partial charge in [-0.1, -0.05) is 6.07 Å². The fourth-order valence-corrected chi connectivity index (χ4v) is 2.05. The molecule has 0 bridgehead atoms. The van der Waals surface area contributed by atoms with Gasteiger partial charge in [0.1, 0.15) is 18.1 Å². The summed E-state index contributed by atoms with van der Waals surface area (Å²) in [5.74, 6) is 0.975. The average molecular weight is 335 g/mol. The van der Waals surface area contributed by atoms with Crippen LogP contribution in [0.15, 0.2) is 30.3 Å². The summed E-state index contributed by atoms with van der Waals surface area (Å²) in [4.78, 5) is 13.5. The number of benzene rings is 1. The molecule has 0 aliphatic carbocycles. The quantitative estimate of drug-likeness (QED) is 0.645. The van der Waals surface area contributed by atoms with Crippen LogP contribution in [0.5, 0.6) is 11.5 Å². The summed E-state index contributed by atoms with van der Waals surface area (Å²) in [5, 5.41) is 24.9. The topological polar surface area (TPSA) is 108 Å². The zero-order chi connectivity index (χ0) is 17.5. The molecule has 8 nitrogen and oxygen atoms in total. The normalized spacial score (nSPS) is 11.8. The molecule has 0 fully saturated rings. The molecule has 0 saturated heterocycles. The first kappa shape index (κ1) is 17.8. The van der Waals surface area contributed by atoms with E-state index in [0.717, 1.165) is 0 Å². The van der Waals surface area contributed by atoms with Crippen LogP contribution in [0.3, 0.4) is 0 Å². The Morgan fingerprint density at radius 3 is 2.83 bits per heavy atom. The molecule has 1 atom stereocenters. The summed E-state index contributed by atoms with van der Waals surface area (Å²) in [7, 11) is 3.11. The maximum absolute atomic E-state index is 12.2. The van der Waals surface area contributed by atoms with E-state index in [1.54, 1.807) is 25.3 Å². The van der Waals surface area contributed by atoms with Crippen molar-refractivity contribution >= 4 is 5.91 Å². The number of methoxy groups -OCH3 is 1. The van der Waals surface area contributed by atoms with Gasteiger partial charge in [-0.05, 0) is 18.2 Å². The highest BCUT2D eigenvalue weighted by Gasteiger charge is 2.18. The number of H-pyrrole nitrogens is 1. The van der Waals surface area contributed by atoms with Gasteiger partial charge in [0.2, 0.25) is 0 Å². The van der Waals surface area contributed by atoms with Crippen molar-refractivity contribution in [1.82, 2.24) is 15.1 Å². The maximum Gasteiger partial charge on any atom is 0.274 e. The highest BCUT2D eigenvalue weighted by Crippen LogP contribution is 2.19. The number of nitrogens with zero attached hydrogens (tertiary/aromatic N) is 2. The fourth-order valence-electron chi connectivity index (χ4n) is 2.05. The van der Waals surface area contributed by atoms with Gasteiger partial charge >= 0.3 is 0 Å². The molecule has 1 unspecified atom stereocenters. The minimum atomic E-state index is -0.978. The predicted octanol–water partition coefficient (Wildman–Crippen LogP) is 0.422. The smallest absolute Gasteiger partial charge is 0.274 e. The number of carbonyl (C=O) groups excluding carboxylic acids is 1. The van der Waals surface area contributed by atoms with E-state index in [1.807, 2.05) is 12.1 Å². The molecule has 3 N–H and O–H groups in total. The molecule has 1 aromatic heterocycles. The summed E-state index contributed by atoms with van der Waals surface area (Å²) in [6.45, 7) is -0.161. The van der Waals surface area contributed by atoms with Crippen LogP contribution in [0.4, 0.5) is 0 Å². The Kier molecular flexibility index (Phi) is 6.16. The molecule has 0 saturated carbocycles. The van der Waals surface area contributed by atoms with Crippen LogP contribution in [0, 0.1) is 0 Å². The number of aliphatic hydroxyl groups is 2. The number of hydrogen-bond donors (Lipinski definition) is 3. The summed E-state index contributed by atoms with van der Waals surface area (Å²) in [5.41, 5.74) is 0.851. The van der Waals surface area contributed by atoms with Crippen molar-refractivity contribution in [3.05, 3.63) is 41.7 Å². The van der Waals surface area contributed by atoms with E-state index >= 15 is 0 Å². The van der Waals surface area contributed by atoms with Crippen LogP contribution in [0.1, 0.15) is 16.2 Å². The van der Waals surface area contributed by atoms with Gasteiger partial charge in [-0.15, -0.1) is 0 Å². The van der Waals surface area contributed by atoms with Gasteiger partial charge in [0.15, 0.2) is 5.69 Å². The standard InChI is InChI=1S/C16H21N3O5/c1-19(8-12(21)9-20)16(22)15-6-11(17-18-15)10-24-14-5-3-4-13(7-14)23-2/h3-7,12,20-21H,8-10H2,1-2H3,(H,17,18). The van der Waals surface area contributed by atoms with Crippen LogP contribution in [0.25, 0.3) is 0 Å². The number of amides is 1. The molecule has 0 aliphatic heterocycles. The van der Waals surface area contributed by atoms with Gasteiger partial charge in [0.25, 0.3) is 5.91 Å². The van der Waals surface area contributed by atoms with Gasteiger partial charge in [0, 0.05) is 19.7 Å². The lowest BCUT2D eigenvalue weighted by Crippen LogP contribution is -2.36. The van der Waals surface area contributed by atoms with Crippen LogP contribution in [0.2, 0.25) is 0 Å². The third-order valence-corrected chi connectivity index (χ3v) is 3.33. The van der Waals surface area contributed by atoms with Gasteiger partial charge in [0.05, 0.1) is 25.5 Å². The zero-order valence-corrected chi connectivity index (χ0v) is 13.6. The van der Waals surface area contributed by atoms with E-state index in [1.165, 1.54) is 11.9 Å². The Morgan fingerprint density at radius 1 is 1.38 bits per heavy atom. The number of carbonyl (C=O) groups is 1. The molecule has 0 spiro atoms. The average Bonchev–Trinajstić information content (AvgIpc) is 3.08. The van der Waals surface area contributed by atoms with Crippen molar-refractivity contribution in [3.8, 4) is 11.5 Å². The van der Waals surface area contributed by atoms with Crippen LogP contribution < -0.4 is 9.47 Å². The van der Waals surface area contributed by atoms with Gasteiger partial charge < -0.3 is 24.6 Å². The largest absolute Gasteiger partial charge is 0.497 e. The lowest BCUT2D eigenvalue weighted by Gasteiger charge is -2.18. The monoisotopic (exact) mass is 335 g/mol. The molecule has 1 aromatic carbocycles. The van der Waals surface area contributed by atoms with Gasteiger partial charge in [-0.25, -0.2) is 0 Å². The Labute approximate surface area is 139 Å². The number of likely N-dealkylation sites (N-methyl/N-ethyl adjacent to an activating group) is 1. The number of aliphatic hydroxyl groups excluding tert-OH is 2. The minimum Gasteiger partial charge on any atom is -0.497 e. The lowest BCUT2D eigenvalue weighted by molar-refractivity contribution is 0.0516. The summed E-state index contributed by atoms with van der Waals surface area (Å²) in [6, 6.07) is 8.78. The molecule has 1 heterocycles. The fraction of sp³-hybridized carbons (Fsp3) is 0.375. The van der Waals surface area contributed by atoms with Gasteiger partial charge in [-0.3, -0.25) is 9.89 Å². The molecule has 24 heavy (non-hydrogen) atoms. The molecule has 2 aromatic rings. The third kappa shape index (κ3) is 4.71.